The average Bonchev–Trinajstić information content (AvgIpc) is 2.45. The van der Waals surface area contributed by atoms with Gasteiger partial charge in [0, 0.05) is 18.0 Å². The Kier molecular flexibility index (Phi) is 3.86. The van der Waals surface area contributed by atoms with Gasteiger partial charge in [-0.3, -0.25) is 14.8 Å². The number of hydrogen-bond acceptors (Lipinski definition) is 5. The molecule has 0 saturated heterocycles. The third kappa shape index (κ3) is 2.82. The standard InChI is InChI=1S/C13H12N2O3/c1-17-12-3-2-10(8-16)6-13(12)18-9-11-7-14-4-5-15-11/h2-8H,9H2,1H3. The molecular weight excluding hydrogens is 232 g/mol. The maximum atomic E-state index is 10.7. The van der Waals surface area contributed by atoms with Gasteiger partial charge in [0.05, 0.1) is 19.0 Å². The fourth-order valence-electron chi connectivity index (χ4n) is 1.44. The maximum Gasteiger partial charge on any atom is 0.162 e. The van der Waals surface area contributed by atoms with Crippen LogP contribution in [-0.2, 0) is 6.61 Å². The molecule has 18 heavy (non-hydrogen) atoms. The highest BCUT2D eigenvalue weighted by molar-refractivity contribution is 5.76. The molecule has 1 heterocycles. The van der Waals surface area contributed by atoms with E-state index in [-0.39, 0.29) is 6.61 Å². The Morgan fingerprint density at radius 3 is 2.83 bits per heavy atom. The highest BCUT2D eigenvalue weighted by atomic mass is 16.5. The molecule has 0 atom stereocenters. The molecule has 5 heteroatoms. The second kappa shape index (κ2) is 5.77. The van der Waals surface area contributed by atoms with Crippen LogP contribution in [-0.4, -0.2) is 23.4 Å². The number of aromatic nitrogens is 2. The fourth-order valence-corrected chi connectivity index (χ4v) is 1.44. The lowest BCUT2D eigenvalue weighted by atomic mass is 10.2. The van der Waals surface area contributed by atoms with Gasteiger partial charge in [-0.05, 0) is 18.2 Å². The summed E-state index contributed by atoms with van der Waals surface area (Å²) in [7, 11) is 1.55. The van der Waals surface area contributed by atoms with Crippen molar-refractivity contribution in [3.05, 3.63) is 48.0 Å². The van der Waals surface area contributed by atoms with Gasteiger partial charge in [-0.25, -0.2) is 0 Å². The molecule has 2 aromatic rings. The third-order valence-corrected chi connectivity index (χ3v) is 2.32. The summed E-state index contributed by atoms with van der Waals surface area (Å²) in [6.45, 7) is 0.270. The lowest BCUT2D eigenvalue weighted by Gasteiger charge is -2.10. The molecule has 5 nitrogen and oxygen atoms in total. The number of benzene rings is 1. The Labute approximate surface area is 104 Å². The molecule has 0 N–H and O–H groups in total. The van der Waals surface area contributed by atoms with Crippen LogP contribution in [0.15, 0.2) is 36.8 Å². The van der Waals surface area contributed by atoms with E-state index in [1.165, 1.54) is 0 Å². The molecule has 0 amide bonds. The van der Waals surface area contributed by atoms with E-state index in [4.69, 9.17) is 9.47 Å². The van der Waals surface area contributed by atoms with Crippen molar-refractivity contribution in [1.29, 1.82) is 0 Å². The van der Waals surface area contributed by atoms with Crippen LogP contribution in [0.3, 0.4) is 0 Å². The van der Waals surface area contributed by atoms with Crippen molar-refractivity contribution >= 4 is 6.29 Å². The molecule has 0 unspecified atom stereocenters. The van der Waals surface area contributed by atoms with Crippen LogP contribution >= 0.6 is 0 Å². The van der Waals surface area contributed by atoms with Gasteiger partial charge in [-0.15, -0.1) is 0 Å². The third-order valence-electron chi connectivity index (χ3n) is 2.32. The van der Waals surface area contributed by atoms with E-state index in [0.717, 1.165) is 6.29 Å². The number of ether oxygens (including phenoxy) is 2. The Bertz CT molecular complexity index is 529. The normalized spacial score (nSPS) is 9.83. The van der Waals surface area contributed by atoms with Crippen LogP contribution in [0.2, 0.25) is 0 Å². The maximum absolute atomic E-state index is 10.7. The molecule has 0 saturated carbocycles. The van der Waals surface area contributed by atoms with E-state index in [2.05, 4.69) is 9.97 Å². The van der Waals surface area contributed by atoms with E-state index in [9.17, 15) is 4.79 Å². The van der Waals surface area contributed by atoms with Crippen LogP contribution in [0.4, 0.5) is 0 Å². The Balaban J connectivity index is 2.15. The quantitative estimate of drug-likeness (QED) is 0.751. The van der Waals surface area contributed by atoms with Crippen LogP contribution in [0.1, 0.15) is 16.1 Å². The summed E-state index contributed by atoms with van der Waals surface area (Å²) >= 11 is 0. The van der Waals surface area contributed by atoms with Gasteiger partial charge in [0.1, 0.15) is 12.9 Å². The first kappa shape index (κ1) is 12.0. The van der Waals surface area contributed by atoms with Crippen molar-refractivity contribution in [3.8, 4) is 11.5 Å². The molecular formula is C13H12N2O3. The van der Waals surface area contributed by atoms with Gasteiger partial charge < -0.3 is 9.47 Å². The van der Waals surface area contributed by atoms with Gasteiger partial charge in [0.15, 0.2) is 11.5 Å². The van der Waals surface area contributed by atoms with Crippen molar-refractivity contribution < 1.29 is 14.3 Å². The first-order valence-electron chi connectivity index (χ1n) is 5.34. The first-order chi connectivity index (χ1) is 8.83. The SMILES string of the molecule is COc1ccc(C=O)cc1OCc1cnccn1. The van der Waals surface area contributed by atoms with E-state index < -0.39 is 0 Å². The summed E-state index contributed by atoms with van der Waals surface area (Å²) in [6.07, 6.45) is 5.57. The number of carbonyl (C=O) groups is 1. The van der Waals surface area contributed by atoms with Crippen LogP contribution in [0, 0.1) is 0 Å². The highest BCUT2D eigenvalue weighted by Crippen LogP contribution is 2.28. The predicted molar refractivity (Wildman–Crippen MR) is 64.7 cm³/mol. The number of carbonyl (C=O) groups excluding carboxylic acids is 1. The van der Waals surface area contributed by atoms with Gasteiger partial charge >= 0.3 is 0 Å². The summed E-state index contributed by atoms with van der Waals surface area (Å²) in [5, 5.41) is 0. The Morgan fingerprint density at radius 2 is 2.17 bits per heavy atom. The van der Waals surface area contributed by atoms with E-state index in [0.29, 0.717) is 22.8 Å². The molecule has 92 valence electrons. The zero-order chi connectivity index (χ0) is 12.8. The smallest absolute Gasteiger partial charge is 0.162 e. The second-order valence-electron chi connectivity index (χ2n) is 3.51. The van der Waals surface area contributed by atoms with Crippen molar-refractivity contribution in [2.75, 3.05) is 7.11 Å². The van der Waals surface area contributed by atoms with Crippen LogP contribution in [0.5, 0.6) is 11.5 Å². The number of nitrogens with zero attached hydrogens (tertiary/aromatic N) is 2. The summed E-state index contributed by atoms with van der Waals surface area (Å²) < 4.78 is 10.7. The molecule has 0 fully saturated rings. The topological polar surface area (TPSA) is 61.3 Å². The zero-order valence-corrected chi connectivity index (χ0v) is 9.87. The van der Waals surface area contributed by atoms with Gasteiger partial charge in [0.2, 0.25) is 0 Å². The molecule has 0 aliphatic heterocycles. The van der Waals surface area contributed by atoms with E-state index in [1.54, 1.807) is 43.9 Å². The molecule has 1 aromatic heterocycles. The molecule has 1 aromatic carbocycles. The van der Waals surface area contributed by atoms with Crippen molar-refractivity contribution in [1.82, 2.24) is 9.97 Å². The lowest BCUT2D eigenvalue weighted by molar-refractivity contribution is 0.112. The Hall–Kier alpha value is -2.43. The van der Waals surface area contributed by atoms with Gasteiger partial charge in [-0.1, -0.05) is 0 Å². The van der Waals surface area contributed by atoms with E-state index >= 15 is 0 Å². The minimum atomic E-state index is 0.270. The monoisotopic (exact) mass is 244 g/mol. The molecule has 2 rings (SSSR count). The number of hydrogen-bond donors (Lipinski definition) is 0. The van der Waals surface area contributed by atoms with E-state index in [1.807, 2.05) is 0 Å². The molecule has 0 bridgehead atoms. The highest BCUT2D eigenvalue weighted by Gasteiger charge is 2.06. The summed E-state index contributed by atoms with van der Waals surface area (Å²) in [6, 6.07) is 4.99. The van der Waals surface area contributed by atoms with Crippen LogP contribution < -0.4 is 9.47 Å². The van der Waals surface area contributed by atoms with Crippen molar-refractivity contribution in [3.63, 3.8) is 0 Å². The van der Waals surface area contributed by atoms with Crippen molar-refractivity contribution in [2.45, 2.75) is 6.61 Å². The summed E-state index contributed by atoms with van der Waals surface area (Å²) in [4.78, 5) is 18.8. The summed E-state index contributed by atoms with van der Waals surface area (Å²) in [5.74, 6) is 1.08. The van der Waals surface area contributed by atoms with Gasteiger partial charge in [0.25, 0.3) is 0 Å². The van der Waals surface area contributed by atoms with Crippen LogP contribution in [0.25, 0.3) is 0 Å². The van der Waals surface area contributed by atoms with Gasteiger partial charge in [-0.2, -0.15) is 0 Å². The minimum absolute atomic E-state index is 0.270. The van der Waals surface area contributed by atoms with Crippen molar-refractivity contribution in [2.24, 2.45) is 0 Å². The molecule has 0 spiro atoms. The molecule has 0 aliphatic carbocycles. The molecule has 0 aliphatic rings. The molecule has 0 radical (unpaired) electrons. The second-order valence-corrected chi connectivity index (χ2v) is 3.51. The minimum Gasteiger partial charge on any atom is -0.493 e. The predicted octanol–water partition coefficient (Wildman–Crippen LogP) is 1.88. The summed E-state index contributed by atoms with van der Waals surface area (Å²) in [5.41, 5.74) is 1.24. The Morgan fingerprint density at radius 1 is 1.28 bits per heavy atom. The first-order valence-corrected chi connectivity index (χ1v) is 5.34. The number of rotatable bonds is 5. The lowest BCUT2D eigenvalue weighted by Crippen LogP contribution is -2.00. The zero-order valence-electron chi connectivity index (χ0n) is 9.87. The fraction of sp³-hybridized carbons (Fsp3) is 0.154. The number of methoxy groups -OCH3 is 1. The average molecular weight is 244 g/mol. The largest absolute Gasteiger partial charge is 0.493 e. The number of aldehydes is 1.